The molecule has 5 nitrogen and oxygen atoms in total. The SMILES string of the molecule is COc1cccc(N(C)c2nc(OC3CCCC3)ncc2C(F)(F)F)c1. The lowest BCUT2D eigenvalue weighted by molar-refractivity contribution is -0.137. The molecular formula is C18H20F3N3O2. The molecule has 0 atom stereocenters. The smallest absolute Gasteiger partial charge is 0.421 e. The van der Waals surface area contributed by atoms with Crippen LogP contribution in [0.25, 0.3) is 0 Å². The Morgan fingerprint density at radius 3 is 2.58 bits per heavy atom. The Bertz CT molecular complexity index is 762. The van der Waals surface area contributed by atoms with Gasteiger partial charge in [-0.05, 0) is 37.8 Å². The first kappa shape index (κ1) is 18.3. The zero-order valence-corrected chi connectivity index (χ0v) is 14.6. The first-order chi connectivity index (χ1) is 12.4. The predicted molar refractivity (Wildman–Crippen MR) is 91.0 cm³/mol. The summed E-state index contributed by atoms with van der Waals surface area (Å²) in [5.74, 6) is 0.285. The zero-order chi connectivity index (χ0) is 18.7. The van der Waals surface area contributed by atoms with Crippen molar-refractivity contribution in [1.29, 1.82) is 0 Å². The molecule has 140 valence electrons. The largest absolute Gasteiger partial charge is 0.497 e. The number of aromatic nitrogens is 2. The average molecular weight is 367 g/mol. The third kappa shape index (κ3) is 4.00. The molecule has 1 fully saturated rings. The van der Waals surface area contributed by atoms with Crippen molar-refractivity contribution in [1.82, 2.24) is 9.97 Å². The number of alkyl halides is 3. The van der Waals surface area contributed by atoms with Crippen LogP contribution >= 0.6 is 0 Å². The lowest BCUT2D eigenvalue weighted by atomic mass is 10.2. The van der Waals surface area contributed by atoms with Gasteiger partial charge in [-0.1, -0.05) is 6.07 Å². The van der Waals surface area contributed by atoms with Gasteiger partial charge in [0, 0.05) is 25.0 Å². The summed E-state index contributed by atoms with van der Waals surface area (Å²) in [6.45, 7) is 0. The molecule has 3 rings (SSSR count). The van der Waals surface area contributed by atoms with Crippen molar-refractivity contribution >= 4 is 11.5 Å². The molecule has 1 aromatic heterocycles. The minimum atomic E-state index is -4.58. The van der Waals surface area contributed by atoms with Gasteiger partial charge < -0.3 is 14.4 Å². The molecule has 0 saturated heterocycles. The van der Waals surface area contributed by atoms with E-state index in [0.29, 0.717) is 11.4 Å². The number of nitrogens with zero attached hydrogens (tertiary/aromatic N) is 3. The molecule has 1 aromatic carbocycles. The first-order valence-electron chi connectivity index (χ1n) is 8.37. The Kier molecular flexibility index (Phi) is 5.20. The average Bonchev–Trinajstić information content (AvgIpc) is 3.13. The third-order valence-corrected chi connectivity index (χ3v) is 4.38. The van der Waals surface area contributed by atoms with Crippen LogP contribution in [0.4, 0.5) is 24.7 Å². The lowest BCUT2D eigenvalue weighted by Gasteiger charge is -2.23. The summed E-state index contributed by atoms with van der Waals surface area (Å²) in [6.07, 6.45) is -0.0140. The lowest BCUT2D eigenvalue weighted by Crippen LogP contribution is -2.20. The van der Waals surface area contributed by atoms with Crippen LogP contribution in [0.15, 0.2) is 30.5 Å². The van der Waals surface area contributed by atoms with E-state index < -0.39 is 11.7 Å². The van der Waals surface area contributed by atoms with E-state index in [1.54, 1.807) is 24.3 Å². The number of rotatable bonds is 5. The highest BCUT2D eigenvalue weighted by Crippen LogP contribution is 2.38. The van der Waals surface area contributed by atoms with Crippen LogP contribution in [0.5, 0.6) is 11.8 Å². The van der Waals surface area contributed by atoms with Gasteiger partial charge in [-0.15, -0.1) is 0 Å². The Morgan fingerprint density at radius 2 is 1.92 bits per heavy atom. The van der Waals surface area contributed by atoms with Gasteiger partial charge in [-0.25, -0.2) is 4.98 Å². The van der Waals surface area contributed by atoms with E-state index in [1.807, 2.05) is 0 Å². The first-order valence-corrected chi connectivity index (χ1v) is 8.37. The molecule has 0 unspecified atom stereocenters. The second kappa shape index (κ2) is 7.39. The van der Waals surface area contributed by atoms with Crippen LogP contribution < -0.4 is 14.4 Å². The summed E-state index contributed by atoms with van der Waals surface area (Å²) in [6, 6.07) is 6.71. The summed E-state index contributed by atoms with van der Waals surface area (Å²) in [4.78, 5) is 9.20. The molecule has 0 aliphatic heterocycles. The van der Waals surface area contributed by atoms with Crippen molar-refractivity contribution in [2.24, 2.45) is 0 Å². The molecule has 0 N–H and O–H groups in total. The number of halogens is 3. The second-order valence-corrected chi connectivity index (χ2v) is 6.17. The monoisotopic (exact) mass is 367 g/mol. The van der Waals surface area contributed by atoms with E-state index >= 15 is 0 Å². The van der Waals surface area contributed by atoms with E-state index in [2.05, 4.69) is 9.97 Å². The number of methoxy groups -OCH3 is 1. The maximum Gasteiger partial charge on any atom is 0.421 e. The Morgan fingerprint density at radius 1 is 1.19 bits per heavy atom. The van der Waals surface area contributed by atoms with Gasteiger partial charge in [-0.3, -0.25) is 0 Å². The van der Waals surface area contributed by atoms with Crippen molar-refractivity contribution in [3.8, 4) is 11.8 Å². The van der Waals surface area contributed by atoms with E-state index in [1.165, 1.54) is 19.1 Å². The highest BCUT2D eigenvalue weighted by molar-refractivity contribution is 5.64. The Labute approximate surface area is 149 Å². The minimum absolute atomic E-state index is 0.0327. The van der Waals surface area contributed by atoms with Crippen molar-refractivity contribution < 1.29 is 22.6 Å². The molecule has 26 heavy (non-hydrogen) atoms. The van der Waals surface area contributed by atoms with Gasteiger partial charge in [0.05, 0.1) is 7.11 Å². The molecule has 1 aliphatic rings. The molecule has 0 amide bonds. The summed E-state index contributed by atoms with van der Waals surface area (Å²) in [7, 11) is 3.02. The van der Waals surface area contributed by atoms with Crippen LogP contribution in [0.1, 0.15) is 31.2 Å². The van der Waals surface area contributed by atoms with Crippen molar-refractivity contribution in [2.45, 2.75) is 38.0 Å². The fourth-order valence-corrected chi connectivity index (χ4v) is 2.97. The Balaban J connectivity index is 1.97. The fourth-order valence-electron chi connectivity index (χ4n) is 2.97. The predicted octanol–water partition coefficient (Wildman–Crippen LogP) is 4.59. The van der Waals surface area contributed by atoms with Gasteiger partial charge in [0.2, 0.25) is 0 Å². The van der Waals surface area contributed by atoms with E-state index in [4.69, 9.17) is 9.47 Å². The quantitative estimate of drug-likeness (QED) is 0.773. The molecule has 1 saturated carbocycles. The van der Waals surface area contributed by atoms with Crippen LogP contribution in [-0.2, 0) is 6.18 Å². The maximum absolute atomic E-state index is 13.4. The molecule has 0 spiro atoms. The normalized spacial score (nSPS) is 15.1. The highest BCUT2D eigenvalue weighted by atomic mass is 19.4. The second-order valence-electron chi connectivity index (χ2n) is 6.17. The van der Waals surface area contributed by atoms with Crippen molar-refractivity contribution in [3.05, 3.63) is 36.0 Å². The number of ether oxygens (including phenoxy) is 2. The molecule has 8 heteroatoms. The Hall–Kier alpha value is -2.51. The van der Waals surface area contributed by atoms with Crippen LogP contribution in [0.3, 0.4) is 0 Å². The topological polar surface area (TPSA) is 47.5 Å². The summed E-state index contributed by atoms with van der Waals surface area (Å²) >= 11 is 0. The van der Waals surface area contributed by atoms with Gasteiger partial charge in [0.15, 0.2) is 5.82 Å². The molecule has 0 bridgehead atoms. The number of anilines is 2. The molecule has 1 heterocycles. The highest BCUT2D eigenvalue weighted by Gasteiger charge is 2.37. The van der Waals surface area contributed by atoms with Crippen LogP contribution in [0, 0.1) is 0 Å². The zero-order valence-electron chi connectivity index (χ0n) is 14.6. The van der Waals surface area contributed by atoms with Crippen LogP contribution in [-0.4, -0.2) is 30.2 Å². The third-order valence-electron chi connectivity index (χ3n) is 4.38. The summed E-state index contributed by atoms with van der Waals surface area (Å²) < 4.78 is 51.1. The fraction of sp³-hybridized carbons (Fsp3) is 0.444. The number of hydrogen-bond acceptors (Lipinski definition) is 5. The van der Waals surface area contributed by atoms with E-state index in [9.17, 15) is 13.2 Å². The van der Waals surface area contributed by atoms with Crippen molar-refractivity contribution in [3.63, 3.8) is 0 Å². The minimum Gasteiger partial charge on any atom is -0.497 e. The molecule has 1 aliphatic carbocycles. The van der Waals surface area contributed by atoms with Gasteiger partial charge in [-0.2, -0.15) is 18.2 Å². The van der Waals surface area contributed by atoms with Gasteiger partial charge in [0.1, 0.15) is 17.4 Å². The molecule has 0 radical (unpaired) electrons. The van der Waals surface area contributed by atoms with Crippen LogP contribution in [0.2, 0.25) is 0 Å². The number of hydrogen-bond donors (Lipinski definition) is 0. The van der Waals surface area contributed by atoms with Crippen molar-refractivity contribution in [2.75, 3.05) is 19.1 Å². The molecule has 2 aromatic rings. The van der Waals surface area contributed by atoms with E-state index in [-0.39, 0.29) is 17.9 Å². The van der Waals surface area contributed by atoms with E-state index in [0.717, 1.165) is 31.9 Å². The number of benzene rings is 1. The standard InChI is InChI=1S/C18H20F3N3O2/c1-24(12-6-5-9-14(10-12)25-2)16-15(18(19,20)21)11-22-17(23-16)26-13-7-3-4-8-13/h5-6,9-11,13H,3-4,7-8H2,1-2H3. The van der Waals surface area contributed by atoms with Gasteiger partial charge in [0.25, 0.3) is 0 Å². The summed E-state index contributed by atoms with van der Waals surface area (Å²) in [5, 5.41) is 0. The molecular weight excluding hydrogens is 347 g/mol. The van der Waals surface area contributed by atoms with Gasteiger partial charge >= 0.3 is 12.2 Å². The summed E-state index contributed by atoms with van der Waals surface area (Å²) in [5.41, 5.74) is -0.401. The maximum atomic E-state index is 13.4.